The lowest BCUT2D eigenvalue weighted by atomic mass is 9.98. The maximum absolute atomic E-state index is 11.1. The molecule has 91 valence electrons. The van der Waals surface area contributed by atoms with Crippen LogP contribution >= 0.6 is 11.9 Å². The predicted octanol–water partition coefficient (Wildman–Crippen LogP) is 0.972. The zero-order valence-electron chi connectivity index (χ0n) is 10.6. The number of carbonyl (C=O) groups is 1. The van der Waals surface area contributed by atoms with Gasteiger partial charge >= 0.3 is 5.97 Å². The number of aliphatic hydroxyl groups is 1. The maximum atomic E-state index is 11.1. The van der Waals surface area contributed by atoms with Crippen molar-refractivity contribution in [2.45, 2.75) is 32.0 Å². The zero-order valence-corrected chi connectivity index (χ0v) is 10.4. The van der Waals surface area contributed by atoms with E-state index in [2.05, 4.69) is 11.3 Å². The quantitative estimate of drug-likeness (QED) is 0.285. The number of esters is 1. The van der Waals surface area contributed by atoms with E-state index >= 15 is 0 Å². The van der Waals surface area contributed by atoms with Crippen LogP contribution in [0.25, 0.3) is 0 Å². The molecule has 0 spiro atoms. The van der Waals surface area contributed by atoms with E-state index in [9.17, 15) is 9.90 Å². The number of rotatable bonds is 9. The van der Waals surface area contributed by atoms with Gasteiger partial charge in [-0.3, -0.25) is 4.79 Å². The lowest BCUT2D eigenvalue weighted by molar-refractivity contribution is -0.142. The molecule has 1 radical (unpaired) electrons. The van der Waals surface area contributed by atoms with Gasteiger partial charge in [-0.1, -0.05) is 24.9 Å². The van der Waals surface area contributed by atoms with Gasteiger partial charge in [0.15, 0.2) is 0 Å². The van der Waals surface area contributed by atoms with Crippen molar-refractivity contribution in [1.82, 2.24) is 0 Å². The van der Waals surface area contributed by atoms with Crippen LogP contribution in [-0.2, 0) is 13.7 Å². The minimum absolute atomic E-state index is 0.0538. The fraction of sp³-hybridized carbons (Fsp3) is 0.700. The molecule has 0 aliphatic carbocycles. The topological polar surface area (TPSA) is 55.8 Å². The van der Waals surface area contributed by atoms with E-state index in [1.165, 1.54) is 7.11 Å². The van der Waals surface area contributed by atoms with Crippen LogP contribution in [-0.4, -0.2) is 38.8 Å². The largest absolute Gasteiger partial charge is 0.469 e. The third-order valence-electron chi connectivity index (χ3n) is 2.30. The summed E-state index contributed by atoms with van der Waals surface area (Å²) in [4.78, 5) is 11.1. The van der Waals surface area contributed by atoms with E-state index in [1.54, 1.807) is 6.08 Å². The normalized spacial score (nSPS) is 16.8. The molecule has 16 heavy (non-hydrogen) atoms. The monoisotopic (exact) mass is 247 g/mol. The Kier molecular flexibility index (Phi) is 7.37. The Morgan fingerprint density at radius 1 is 1.81 bits per heavy atom. The van der Waals surface area contributed by atoms with Crippen molar-refractivity contribution in [3.8, 4) is 0 Å². The van der Waals surface area contributed by atoms with E-state index in [0.717, 1.165) is 19.0 Å². The minimum Gasteiger partial charge on any atom is -0.469 e. The standard InChI is InChI=1S/C10H18BO4S/c1-4-7(2)9(12)5-8(15-16-11)6-10(13)14-3/h4,7-9,11-12H,1,5-6H2,2-3H3/t7-,8-,9-/m0/s1/i11T. The van der Waals surface area contributed by atoms with Gasteiger partial charge in [0.1, 0.15) is 0 Å². The van der Waals surface area contributed by atoms with Crippen molar-refractivity contribution in [3.05, 3.63) is 12.7 Å². The molecule has 6 heteroatoms. The van der Waals surface area contributed by atoms with Crippen molar-refractivity contribution in [1.29, 1.82) is 1.34 Å². The van der Waals surface area contributed by atoms with E-state index in [4.69, 9.17) is 5.52 Å². The first-order valence-electron chi connectivity index (χ1n) is 5.52. The third kappa shape index (κ3) is 6.20. The van der Waals surface area contributed by atoms with Gasteiger partial charge in [-0.15, -0.1) is 6.58 Å². The molecule has 0 aliphatic heterocycles. The lowest BCUT2D eigenvalue weighted by Crippen LogP contribution is -2.26. The molecular weight excluding hydrogens is 227 g/mol. The highest BCUT2D eigenvalue weighted by Gasteiger charge is 2.21. The van der Waals surface area contributed by atoms with Crippen LogP contribution in [0.2, 0.25) is 0 Å². The first kappa shape index (κ1) is 13.6. The average molecular weight is 247 g/mol. The van der Waals surface area contributed by atoms with E-state index < -0.39 is 18.2 Å². The summed E-state index contributed by atoms with van der Waals surface area (Å²) in [6.45, 7) is 5.42. The van der Waals surface area contributed by atoms with Gasteiger partial charge in [0.25, 0.3) is 0 Å². The van der Waals surface area contributed by atoms with Crippen LogP contribution in [0.4, 0.5) is 0 Å². The second kappa shape index (κ2) is 8.67. The van der Waals surface area contributed by atoms with Crippen molar-refractivity contribution in [3.63, 3.8) is 0 Å². The van der Waals surface area contributed by atoms with Crippen molar-refractivity contribution >= 4 is 25.0 Å². The second-order valence-corrected chi connectivity index (χ2v) is 3.88. The predicted molar refractivity (Wildman–Crippen MR) is 66.2 cm³/mol. The molecule has 0 bridgehead atoms. The Bertz CT molecular complexity index is 242. The summed E-state index contributed by atoms with van der Waals surface area (Å²) in [7, 11) is 2.32. The first-order valence-corrected chi connectivity index (χ1v) is 5.75. The molecule has 1 N–H and O–H groups in total. The Morgan fingerprint density at radius 3 is 3.00 bits per heavy atom. The number of hydrogen-bond acceptors (Lipinski definition) is 5. The Hall–Kier alpha value is -0.455. The zero-order chi connectivity index (χ0) is 13.3. The van der Waals surface area contributed by atoms with Crippen LogP contribution in [0.15, 0.2) is 12.7 Å². The number of hydrogen-bond donors (Lipinski definition) is 1. The van der Waals surface area contributed by atoms with Gasteiger partial charge in [-0.05, 0) is 7.25 Å². The molecule has 0 aliphatic rings. The van der Waals surface area contributed by atoms with Crippen LogP contribution in [0, 0.1) is 5.92 Å². The Labute approximate surface area is 103 Å². The third-order valence-corrected chi connectivity index (χ3v) is 2.68. The highest BCUT2D eigenvalue weighted by Crippen LogP contribution is 2.18. The highest BCUT2D eigenvalue weighted by molar-refractivity contribution is 8.15. The van der Waals surface area contributed by atoms with Crippen LogP contribution in [0.1, 0.15) is 19.8 Å². The summed E-state index contributed by atoms with van der Waals surface area (Å²) in [6, 6.07) is 0. The molecule has 0 aromatic carbocycles. The van der Waals surface area contributed by atoms with Crippen molar-refractivity contribution in [2.75, 3.05) is 7.11 Å². The molecule has 0 unspecified atom stereocenters. The summed E-state index contributed by atoms with van der Waals surface area (Å²) >= 11 is 0.827. The molecule has 0 amide bonds. The molecule has 0 aromatic rings. The Morgan fingerprint density at radius 2 is 2.50 bits per heavy atom. The molecule has 0 fully saturated rings. The number of ether oxygens (including phenoxy) is 1. The number of carbonyl (C=O) groups excluding carboxylic acids is 1. The fourth-order valence-electron chi connectivity index (χ4n) is 1.15. The molecule has 0 aromatic heterocycles. The highest BCUT2D eigenvalue weighted by atomic mass is 32.2. The average Bonchev–Trinajstić information content (AvgIpc) is 2.34. The summed E-state index contributed by atoms with van der Waals surface area (Å²) in [5, 5.41) is 9.80. The van der Waals surface area contributed by atoms with E-state index in [-0.39, 0.29) is 12.3 Å². The molecule has 0 rings (SSSR count). The minimum atomic E-state index is -0.631. The number of aliphatic hydroxyl groups excluding tert-OH is 1. The SMILES string of the molecule is [3H][B]SO[C@H](CC(=O)OC)C[C@H](O)[C@@H](C)C=C. The van der Waals surface area contributed by atoms with Gasteiger partial charge in [-0.2, -0.15) is 0 Å². The van der Waals surface area contributed by atoms with Gasteiger partial charge < -0.3 is 14.0 Å². The Balaban J connectivity index is 4.25. The van der Waals surface area contributed by atoms with Crippen LogP contribution < -0.4 is 0 Å². The molecule has 3 atom stereocenters. The van der Waals surface area contributed by atoms with E-state index in [0.29, 0.717) is 6.42 Å². The summed E-state index contributed by atoms with van der Waals surface area (Å²) in [6.07, 6.45) is 0.880. The fourth-order valence-corrected chi connectivity index (χ4v) is 1.45. The van der Waals surface area contributed by atoms with Crippen LogP contribution in [0.3, 0.4) is 0 Å². The van der Waals surface area contributed by atoms with Crippen molar-refractivity contribution < 1.29 is 18.8 Å². The van der Waals surface area contributed by atoms with E-state index in [1.807, 2.05) is 6.92 Å². The molecule has 0 heterocycles. The van der Waals surface area contributed by atoms with Gasteiger partial charge in [-0.25, -0.2) is 0 Å². The molecule has 4 nitrogen and oxygen atoms in total. The molecular formula is C10H18BO4S. The van der Waals surface area contributed by atoms with Gasteiger partial charge in [0.05, 0.1) is 25.7 Å². The van der Waals surface area contributed by atoms with Crippen LogP contribution in [0.5, 0.6) is 0 Å². The summed E-state index contributed by atoms with van der Waals surface area (Å²) in [5.74, 6) is -0.484. The first-order chi connectivity index (χ1) is 8.04. The molecule has 0 saturated carbocycles. The smallest absolute Gasteiger partial charge is 0.308 e. The summed E-state index contributed by atoms with van der Waals surface area (Å²) in [5.41, 5.74) is 0. The number of methoxy groups -OCH3 is 1. The van der Waals surface area contributed by atoms with Crippen molar-refractivity contribution in [2.24, 2.45) is 5.92 Å². The van der Waals surface area contributed by atoms with Gasteiger partial charge in [0.2, 0.25) is 7.09 Å². The lowest BCUT2D eigenvalue weighted by Gasteiger charge is -2.21. The van der Waals surface area contributed by atoms with Gasteiger partial charge in [0, 0.05) is 6.42 Å². The second-order valence-electron chi connectivity index (χ2n) is 3.49. The maximum Gasteiger partial charge on any atom is 0.308 e. The molecule has 0 saturated heterocycles. The summed E-state index contributed by atoms with van der Waals surface area (Å²) < 4.78 is 16.6.